The van der Waals surface area contributed by atoms with Gasteiger partial charge in [0.2, 0.25) is 0 Å². The molecule has 21 heavy (non-hydrogen) atoms. The van der Waals surface area contributed by atoms with E-state index in [1.165, 1.54) is 14.2 Å². The number of allylic oxidation sites excluding steroid dienone is 1. The molecule has 0 aromatic carbocycles. The van der Waals surface area contributed by atoms with Crippen LogP contribution in [0.1, 0.15) is 26.2 Å². The lowest BCUT2D eigenvalue weighted by Gasteiger charge is -2.31. The van der Waals surface area contributed by atoms with Crippen LogP contribution in [-0.2, 0) is 19.1 Å². The van der Waals surface area contributed by atoms with E-state index in [2.05, 4.69) is 4.90 Å². The van der Waals surface area contributed by atoms with Gasteiger partial charge in [-0.3, -0.25) is 4.90 Å². The summed E-state index contributed by atoms with van der Waals surface area (Å²) in [6.45, 7) is 3.15. The summed E-state index contributed by atoms with van der Waals surface area (Å²) in [5, 5.41) is 0.675. The number of esters is 2. The second kappa shape index (κ2) is 6.20. The van der Waals surface area contributed by atoms with E-state index < -0.39 is 17.5 Å². The average molecular weight is 314 g/mol. The molecule has 1 saturated heterocycles. The van der Waals surface area contributed by atoms with Gasteiger partial charge in [0.25, 0.3) is 0 Å². The first kappa shape index (κ1) is 16.0. The van der Waals surface area contributed by atoms with Crippen molar-refractivity contribution in [2.45, 2.75) is 31.7 Å². The Labute approximate surface area is 129 Å². The fourth-order valence-electron chi connectivity index (χ4n) is 3.22. The van der Waals surface area contributed by atoms with Crippen LogP contribution in [0, 0.1) is 0 Å². The van der Waals surface area contributed by atoms with Crippen LogP contribution in [0.25, 0.3) is 0 Å². The number of nitrogens with zero attached hydrogens (tertiary/aromatic N) is 1. The Balaban J connectivity index is 2.59. The summed E-state index contributed by atoms with van der Waals surface area (Å²) in [5.41, 5.74) is 0.116. The maximum Gasteiger partial charge on any atom is 0.336 e. The van der Waals surface area contributed by atoms with Gasteiger partial charge in [-0.05, 0) is 31.9 Å². The van der Waals surface area contributed by atoms with Crippen LogP contribution in [0.4, 0.5) is 0 Å². The predicted molar refractivity (Wildman–Crippen MR) is 78.8 cm³/mol. The minimum Gasteiger partial charge on any atom is -0.466 e. The van der Waals surface area contributed by atoms with E-state index in [0.717, 1.165) is 19.4 Å². The number of halogens is 1. The van der Waals surface area contributed by atoms with Crippen LogP contribution >= 0.6 is 11.6 Å². The van der Waals surface area contributed by atoms with Crippen molar-refractivity contribution in [3.63, 3.8) is 0 Å². The molecule has 0 saturated carbocycles. The zero-order chi connectivity index (χ0) is 15.6. The quantitative estimate of drug-likeness (QED) is 0.743. The lowest BCUT2D eigenvalue weighted by molar-refractivity contribution is -0.139. The van der Waals surface area contributed by atoms with Gasteiger partial charge in [-0.15, -0.1) is 0 Å². The summed E-state index contributed by atoms with van der Waals surface area (Å²) < 4.78 is 9.72. The Morgan fingerprint density at radius 2 is 2.00 bits per heavy atom. The fraction of sp³-hybridized carbons (Fsp3) is 0.600. The van der Waals surface area contributed by atoms with Gasteiger partial charge in [-0.25, -0.2) is 9.59 Å². The molecule has 116 valence electrons. The van der Waals surface area contributed by atoms with Crippen LogP contribution in [0.2, 0.25) is 0 Å². The van der Waals surface area contributed by atoms with E-state index in [-0.39, 0.29) is 0 Å². The maximum atomic E-state index is 12.3. The molecule has 0 spiro atoms. The molecule has 0 N–H and O–H groups in total. The molecule has 1 fully saturated rings. The van der Waals surface area contributed by atoms with Crippen molar-refractivity contribution in [3.8, 4) is 0 Å². The first-order valence-electron chi connectivity index (χ1n) is 7.02. The van der Waals surface area contributed by atoms with Crippen molar-refractivity contribution in [1.29, 1.82) is 0 Å². The number of fused-ring (bicyclic) bond motifs is 1. The Kier molecular flexibility index (Phi) is 4.74. The van der Waals surface area contributed by atoms with Gasteiger partial charge in [-0.2, -0.15) is 0 Å². The van der Waals surface area contributed by atoms with Crippen molar-refractivity contribution >= 4 is 23.5 Å². The van der Waals surface area contributed by atoms with Gasteiger partial charge >= 0.3 is 11.9 Å². The Morgan fingerprint density at radius 3 is 2.57 bits per heavy atom. The van der Waals surface area contributed by atoms with Crippen molar-refractivity contribution in [2.75, 3.05) is 27.3 Å². The molecule has 0 bridgehead atoms. The molecule has 2 aliphatic rings. The van der Waals surface area contributed by atoms with Crippen LogP contribution in [-0.4, -0.2) is 49.7 Å². The van der Waals surface area contributed by atoms with Crippen LogP contribution in [0.15, 0.2) is 22.3 Å². The summed E-state index contributed by atoms with van der Waals surface area (Å²) in [5.74, 6) is -0.971. The van der Waals surface area contributed by atoms with E-state index in [1.54, 1.807) is 0 Å². The Bertz CT molecular complexity index is 526. The molecular formula is C15H20ClNO4. The predicted octanol–water partition coefficient (Wildman–Crippen LogP) is 2.01. The highest BCUT2D eigenvalue weighted by molar-refractivity contribution is 6.29. The molecule has 2 rings (SSSR count). The number of carbonyl (C=O) groups is 2. The standard InChI is InChI=1S/C15H20ClNO4/c1-4-10(16)8-15-6-5-7-17(15)9-11(13(18)20-2)12(15)14(19)21-3/h8H,4-7,9H2,1-3H3/b10-8+. The SMILES string of the molecule is CC/C(Cl)=C\C12CCCN1CC(C(=O)OC)=C2C(=O)OC. The minimum absolute atomic E-state index is 0.376. The van der Waals surface area contributed by atoms with Gasteiger partial charge in [-0.1, -0.05) is 18.5 Å². The number of rotatable bonds is 4. The molecule has 2 heterocycles. The number of ether oxygens (including phenoxy) is 2. The zero-order valence-electron chi connectivity index (χ0n) is 12.6. The van der Waals surface area contributed by atoms with Crippen molar-refractivity contribution in [1.82, 2.24) is 4.90 Å². The Hall–Kier alpha value is -1.33. The van der Waals surface area contributed by atoms with Crippen LogP contribution in [0.3, 0.4) is 0 Å². The first-order chi connectivity index (χ1) is 10.00. The lowest BCUT2D eigenvalue weighted by atomic mass is 9.86. The first-order valence-corrected chi connectivity index (χ1v) is 7.40. The zero-order valence-corrected chi connectivity index (χ0v) is 13.3. The van der Waals surface area contributed by atoms with Gasteiger partial charge in [0.1, 0.15) is 0 Å². The molecule has 6 heteroatoms. The van der Waals surface area contributed by atoms with Gasteiger partial charge in [0.15, 0.2) is 0 Å². The highest BCUT2D eigenvalue weighted by atomic mass is 35.5. The Morgan fingerprint density at radius 1 is 1.33 bits per heavy atom. The smallest absolute Gasteiger partial charge is 0.336 e. The summed E-state index contributed by atoms with van der Waals surface area (Å²) in [7, 11) is 2.63. The third kappa shape index (κ3) is 2.60. The second-order valence-corrected chi connectivity index (χ2v) is 5.72. The maximum absolute atomic E-state index is 12.3. The summed E-state index contributed by atoms with van der Waals surface area (Å²) in [4.78, 5) is 26.4. The van der Waals surface area contributed by atoms with E-state index >= 15 is 0 Å². The molecule has 0 radical (unpaired) electrons. The fourth-order valence-corrected chi connectivity index (χ4v) is 3.40. The summed E-state index contributed by atoms with van der Waals surface area (Å²) in [6.07, 6.45) is 4.26. The number of carbonyl (C=O) groups excluding carboxylic acids is 2. The second-order valence-electron chi connectivity index (χ2n) is 5.23. The highest BCUT2D eigenvalue weighted by Gasteiger charge is 2.53. The largest absolute Gasteiger partial charge is 0.466 e. The summed E-state index contributed by atoms with van der Waals surface area (Å²) >= 11 is 6.22. The van der Waals surface area contributed by atoms with Gasteiger partial charge in [0, 0.05) is 11.6 Å². The molecule has 2 aliphatic heterocycles. The van der Waals surface area contributed by atoms with E-state index in [0.29, 0.717) is 29.1 Å². The van der Waals surface area contributed by atoms with Crippen molar-refractivity contribution in [3.05, 3.63) is 22.3 Å². The van der Waals surface area contributed by atoms with Gasteiger partial charge in [0.05, 0.1) is 30.9 Å². The molecule has 1 unspecified atom stereocenters. The van der Waals surface area contributed by atoms with Crippen molar-refractivity contribution in [2.24, 2.45) is 0 Å². The van der Waals surface area contributed by atoms with Gasteiger partial charge < -0.3 is 9.47 Å². The lowest BCUT2D eigenvalue weighted by Crippen LogP contribution is -2.41. The third-order valence-electron chi connectivity index (χ3n) is 4.19. The minimum atomic E-state index is -0.635. The molecule has 5 nitrogen and oxygen atoms in total. The molecule has 0 aliphatic carbocycles. The molecule has 0 aromatic rings. The number of hydrogen-bond acceptors (Lipinski definition) is 5. The monoisotopic (exact) mass is 313 g/mol. The molecule has 1 atom stereocenters. The topological polar surface area (TPSA) is 55.8 Å². The van der Waals surface area contributed by atoms with Crippen LogP contribution in [0.5, 0.6) is 0 Å². The van der Waals surface area contributed by atoms with Crippen molar-refractivity contribution < 1.29 is 19.1 Å². The number of hydrogen-bond donors (Lipinski definition) is 0. The molecular weight excluding hydrogens is 294 g/mol. The highest BCUT2D eigenvalue weighted by Crippen LogP contribution is 2.45. The van der Waals surface area contributed by atoms with E-state index in [1.807, 2.05) is 13.0 Å². The third-order valence-corrected chi connectivity index (χ3v) is 4.56. The van der Waals surface area contributed by atoms with Crippen LogP contribution < -0.4 is 0 Å². The normalized spacial score (nSPS) is 26.0. The number of methoxy groups -OCH3 is 2. The summed E-state index contributed by atoms with van der Waals surface area (Å²) in [6, 6.07) is 0. The van der Waals surface area contributed by atoms with E-state index in [9.17, 15) is 9.59 Å². The van der Waals surface area contributed by atoms with E-state index in [4.69, 9.17) is 21.1 Å². The molecule has 0 amide bonds. The molecule has 0 aromatic heterocycles. The average Bonchev–Trinajstić information content (AvgIpc) is 3.00.